The van der Waals surface area contributed by atoms with Crippen LogP contribution < -0.4 is 9.80 Å². The van der Waals surface area contributed by atoms with Gasteiger partial charge in [-0.15, -0.1) is 0 Å². The maximum Gasteiger partial charge on any atom is 0.335 e. The average Bonchev–Trinajstić information content (AvgIpc) is 3.25. The second-order valence-corrected chi connectivity index (χ2v) is 10.6. The quantitative estimate of drug-likeness (QED) is 0.163. The number of carbonyl (C=O) groups excluding carboxylic acids is 2. The molecule has 0 aliphatic carbocycles. The lowest BCUT2D eigenvalue weighted by Gasteiger charge is -2.36. The maximum atomic E-state index is 14.0. The van der Waals surface area contributed by atoms with Gasteiger partial charge in [-0.3, -0.25) is 19.4 Å². The molecule has 1 saturated heterocycles. The topological polar surface area (TPSA) is 120 Å². The van der Waals surface area contributed by atoms with Crippen LogP contribution in [0.5, 0.6) is 0 Å². The first-order valence-electron chi connectivity index (χ1n) is 13.3. The van der Waals surface area contributed by atoms with E-state index >= 15 is 0 Å². The summed E-state index contributed by atoms with van der Waals surface area (Å²) < 4.78 is 1.68. The molecule has 10 heteroatoms. The fourth-order valence-corrected chi connectivity index (χ4v) is 5.48. The second-order valence-electron chi connectivity index (χ2n) is 10.3. The first-order valence-corrected chi connectivity index (χ1v) is 13.7. The van der Waals surface area contributed by atoms with Crippen LogP contribution in [0.25, 0.3) is 11.8 Å². The number of carboxylic acid groups (broad SMARTS) is 2. The highest BCUT2D eigenvalue weighted by molar-refractivity contribution is 7.81. The average molecular weight is 594 g/mol. The van der Waals surface area contributed by atoms with Crippen molar-refractivity contribution in [3.05, 3.63) is 118 Å². The van der Waals surface area contributed by atoms with E-state index in [1.54, 1.807) is 54.8 Å². The highest BCUT2D eigenvalue weighted by atomic mass is 32.1. The molecule has 216 valence electrons. The lowest BCUT2D eigenvalue weighted by Crippen LogP contribution is -2.57. The van der Waals surface area contributed by atoms with Gasteiger partial charge in [-0.05, 0) is 111 Å². The number of rotatable bonds is 6. The minimum Gasteiger partial charge on any atom is -0.478 e. The van der Waals surface area contributed by atoms with Gasteiger partial charge in [0.1, 0.15) is 5.57 Å². The van der Waals surface area contributed by atoms with E-state index in [1.165, 1.54) is 28.0 Å². The van der Waals surface area contributed by atoms with Crippen LogP contribution in [0, 0.1) is 27.7 Å². The van der Waals surface area contributed by atoms with E-state index in [0.717, 1.165) is 17.2 Å². The summed E-state index contributed by atoms with van der Waals surface area (Å²) >= 11 is 5.72. The Kier molecular flexibility index (Phi) is 7.56. The third-order valence-corrected chi connectivity index (χ3v) is 7.82. The van der Waals surface area contributed by atoms with Gasteiger partial charge in [0.15, 0.2) is 5.11 Å². The van der Waals surface area contributed by atoms with E-state index in [-0.39, 0.29) is 21.8 Å². The molecule has 0 spiro atoms. The number of para-hydroxylation sites is 1. The highest BCUT2D eigenvalue weighted by Crippen LogP contribution is 2.32. The van der Waals surface area contributed by atoms with E-state index in [0.29, 0.717) is 34.0 Å². The van der Waals surface area contributed by atoms with Crippen LogP contribution >= 0.6 is 12.2 Å². The summed E-state index contributed by atoms with van der Waals surface area (Å²) in [7, 11) is 0. The number of anilines is 2. The number of nitrogens with zero attached hydrogens (tertiary/aromatic N) is 3. The summed E-state index contributed by atoms with van der Waals surface area (Å²) in [6.07, 6.45) is 1.49. The highest BCUT2D eigenvalue weighted by Gasteiger charge is 2.41. The molecule has 1 aliphatic heterocycles. The molecule has 0 radical (unpaired) electrons. The van der Waals surface area contributed by atoms with Crippen LogP contribution in [-0.4, -0.2) is 43.6 Å². The van der Waals surface area contributed by atoms with E-state index in [4.69, 9.17) is 12.2 Å². The molecule has 0 unspecified atom stereocenters. The number of carbonyl (C=O) groups is 4. The molecule has 1 fully saturated rings. The summed E-state index contributed by atoms with van der Waals surface area (Å²) in [5.41, 5.74) is 4.58. The van der Waals surface area contributed by atoms with E-state index in [1.807, 2.05) is 32.0 Å². The number of hydrogen-bond acceptors (Lipinski definition) is 5. The predicted octanol–water partition coefficient (Wildman–Crippen LogP) is 5.86. The van der Waals surface area contributed by atoms with Gasteiger partial charge in [0, 0.05) is 17.1 Å². The Bertz CT molecular complexity index is 1860. The van der Waals surface area contributed by atoms with Gasteiger partial charge in [0.2, 0.25) is 0 Å². The Morgan fingerprint density at radius 1 is 0.698 bits per heavy atom. The molecule has 0 atom stereocenters. The van der Waals surface area contributed by atoms with Crippen LogP contribution in [0.15, 0.2) is 78.4 Å². The van der Waals surface area contributed by atoms with E-state index in [9.17, 15) is 29.4 Å². The van der Waals surface area contributed by atoms with Crippen molar-refractivity contribution in [1.29, 1.82) is 0 Å². The maximum absolute atomic E-state index is 14.0. The van der Waals surface area contributed by atoms with Gasteiger partial charge < -0.3 is 14.8 Å². The minimum atomic E-state index is -1.27. The molecule has 43 heavy (non-hydrogen) atoms. The number of amides is 2. The Morgan fingerprint density at radius 3 is 1.84 bits per heavy atom. The Morgan fingerprint density at radius 2 is 1.28 bits per heavy atom. The molecule has 3 aromatic carbocycles. The van der Waals surface area contributed by atoms with Crippen LogP contribution in [-0.2, 0) is 9.59 Å². The lowest BCUT2D eigenvalue weighted by atomic mass is 10.0. The number of aromatic nitrogens is 1. The second kappa shape index (κ2) is 11.1. The van der Waals surface area contributed by atoms with Gasteiger partial charge >= 0.3 is 11.9 Å². The zero-order valence-corrected chi connectivity index (χ0v) is 24.6. The smallest absolute Gasteiger partial charge is 0.335 e. The van der Waals surface area contributed by atoms with E-state index in [2.05, 4.69) is 0 Å². The fraction of sp³-hybridized carbons (Fsp3) is 0.121. The van der Waals surface area contributed by atoms with Crippen molar-refractivity contribution in [3.63, 3.8) is 0 Å². The van der Waals surface area contributed by atoms with Crippen molar-refractivity contribution < 1.29 is 29.4 Å². The normalized spacial score (nSPS) is 14.5. The van der Waals surface area contributed by atoms with Gasteiger partial charge in [0.25, 0.3) is 11.8 Å². The van der Waals surface area contributed by atoms with Crippen molar-refractivity contribution in [2.24, 2.45) is 0 Å². The van der Waals surface area contributed by atoms with Crippen molar-refractivity contribution in [2.45, 2.75) is 27.7 Å². The summed E-state index contributed by atoms with van der Waals surface area (Å²) in [4.78, 5) is 54.1. The number of thiocarbonyl (C=S) groups is 1. The first-order chi connectivity index (χ1) is 20.4. The van der Waals surface area contributed by atoms with E-state index < -0.39 is 23.8 Å². The minimum absolute atomic E-state index is 0.0266. The van der Waals surface area contributed by atoms with Crippen LogP contribution in [0.4, 0.5) is 11.4 Å². The molecule has 1 aromatic heterocycles. The van der Waals surface area contributed by atoms with Crippen LogP contribution in [0.1, 0.15) is 48.8 Å². The number of aryl methyl sites for hydroxylation is 3. The molecule has 2 N–H and O–H groups in total. The van der Waals surface area contributed by atoms with Crippen LogP contribution in [0.2, 0.25) is 0 Å². The van der Waals surface area contributed by atoms with Crippen molar-refractivity contribution >= 4 is 58.5 Å². The largest absolute Gasteiger partial charge is 0.478 e. The molecular weight excluding hydrogens is 566 g/mol. The number of hydrogen-bond donors (Lipinski definition) is 2. The summed E-state index contributed by atoms with van der Waals surface area (Å²) in [5.74, 6) is -3.71. The SMILES string of the molecule is Cc1ccc(N2C(=O)/C(=C\c3cc(C)n(-c4cc(C(=O)O)cc(C(=O)O)c4)c3C)C(=O)N(c3ccccc3)C2=S)cc1C. The molecule has 9 nitrogen and oxygen atoms in total. The number of aromatic carboxylic acids is 2. The van der Waals surface area contributed by atoms with Gasteiger partial charge in [0.05, 0.1) is 22.5 Å². The molecule has 4 aromatic rings. The Labute approximate surface area is 252 Å². The number of carboxylic acids is 2. The zero-order chi connectivity index (χ0) is 31.2. The predicted molar refractivity (Wildman–Crippen MR) is 167 cm³/mol. The molecule has 5 rings (SSSR count). The summed E-state index contributed by atoms with van der Waals surface area (Å²) in [6.45, 7) is 7.39. The van der Waals surface area contributed by atoms with Crippen molar-refractivity contribution in [3.8, 4) is 5.69 Å². The monoisotopic (exact) mass is 593 g/mol. The van der Waals surface area contributed by atoms with Crippen molar-refractivity contribution in [1.82, 2.24) is 4.57 Å². The Balaban J connectivity index is 1.68. The summed E-state index contributed by atoms with van der Waals surface area (Å²) in [6, 6.07) is 19.9. The molecule has 0 saturated carbocycles. The number of benzene rings is 3. The molecule has 2 heterocycles. The van der Waals surface area contributed by atoms with Gasteiger partial charge in [-0.25, -0.2) is 9.59 Å². The zero-order valence-electron chi connectivity index (χ0n) is 23.8. The van der Waals surface area contributed by atoms with Crippen LogP contribution in [0.3, 0.4) is 0 Å². The lowest BCUT2D eigenvalue weighted by molar-refractivity contribution is -0.120. The molecular formula is C33H27N3O6S. The fourth-order valence-electron chi connectivity index (χ4n) is 5.10. The third-order valence-electron chi connectivity index (χ3n) is 7.45. The molecule has 0 bridgehead atoms. The standard InChI is InChI=1S/C33H27N3O6S/c1-18-10-11-26(12-19(18)2)36-30(38)28(29(37)35(33(36)43)25-8-6-5-7-9-25)17-22-13-20(3)34(21(22)4)27-15-23(31(39)40)14-24(16-27)32(41)42/h5-17H,1-4H3,(H,39,40)(H,41,42)/b28-17-. The first kappa shape index (κ1) is 29.2. The Hall–Kier alpha value is -5.35. The van der Waals surface area contributed by atoms with Crippen molar-refractivity contribution in [2.75, 3.05) is 9.80 Å². The molecule has 2 amide bonds. The van der Waals surface area contributed by atoms with Gasteiger partial charge in [-0.1, -0.05) is 24.3 Å². The third kappa shape index (κ3) is 5.24. The van der Waals surface area contributed by atoms with Gasteiger partial charge in [-0.2, -0.15) is 0 Å². The molecule has 1 aliphatic rings. The summed E-state index contributed by atoms with van der Waals surface area (Å²) in [5, 5.41) is 19.2.